The minimum absolute atomic E-state index is 0.100. The highest BCUT2D eigenvalue weighted by molar-refractivity contribution is 7.47. The predicted molar refractivity (Wildman–Crippen MR) is 159 cm³/mol. The van der Waals surface area contributed by atoms with Crippen LogP contribution >= 0.6 is 7.82 Å². The number of aliphatic hydroxyl groups is 2. The molecule has 2 aliphatic rings. The third-order valence-electron chi connectivity index (χ3n) is 7.17. The number of nitrogens with zero attached hydrogens (tertiary/aromatic N) is 6. The van der Waals surface area contributed by atoms with Crippen LogP contribution in [0.25, 0.3) is 11.2 Å². The van der Waals surface area contributed by atoms with E-state index in [1.165, 1.54) is 13.8 Å². The lowest BCUT2D eigenvalue weighted by molar-refractivity contribution is -0.0692. The van der Waals surface area contributed by atoms with E-state index < -0.39 is 93.7 Å². The highest BCUT2D eigenvalue weighted by Crippen LogP contribution is 2.50. The maximum atomic E-state index is 13.3. The van der Waals surface area contributed by atoms with Gasteiger partial charge in [0, 0.05) is 0 Å². The van der Waals surface area contributed by atoms with Gasteiger partial charge in [0.15, 0.2) is 35.8 Å². The Morgan fingerprint density at radius 2 is 1.58 bits per heavy atom. The molecule has 8 N–H and O–H groups in total. The molecule has 3 aromatic heterocycles. The second-order valence-electron chi connectivity index (χ2n) is 10.3. The Kier molecular flexibility index (Phi) is 11.0. The summed E-state index contributed by atoms with van der Waals surface area (Å²) in [5.41, 5.74) is 9.06. The molecule has 9 atom stereocenters. The van der Waals surface area contributed by atoms with Crippen molar-refractivity contribution in [3.8, 4) is 0 Å². The molecule has 50 heavy (non-hydrogen) atoms. The molecule has 0 bridgehead atoms. The number of nitrogen functional groups attached to an aromatic ring is 2. The summed E-state index contributed by atoms with van der Waals surface area (Å²) in [7, 11) is -5.27. The first-order valence-corrected chi connectivity index (χ1v) is 16.1. The lowest BCUT2D eigenvalue weighted by Gasteiger charge is -2.26. The van der Waals surface area contributed by atoms with Crippen molar-refractivity contribution >= 4 is 43.2 Å². The first-order valence-electron chi connectivity index (χ1n) is 14.6. The van der Waals surface area contributed by atoms with Crippen molar-refractivity contribution < 1.29 is 66.7 Å². The Morgan fingerprint density at radius 3 is 2.22 bits per heavy atom. The van der Waals surface area contributed by atoms with Crippen molar-refractivity contribution in [3.63, 3.8) is 0 Å². The standard InChI is InChI=1S/C24H32N9O16P/c1-3-42-23(38)47-14-12(35)10(46-18(14)33-8-28-20(25)31-22(33)37)6-44-50(40,41)49-13-9(5-34)45-19(15(13)48-24(39)43-4-2)32-7-27-11-16(32)29-21(26)30-17(11)36/h7-10,12-15,18-19,34-35H,3-6H2,1-2H3,(H,40,41)(H2,25,31,37)(H3,26,29,30,36)/t9-,10-,12?,13?,14+,15+,18-,19-/m1/s1. The van der Waals surface area contributed by atoms with Crippen LogP contribution in [0.4, 0.5) is 21.5 Å². The van der Waals surface area contributed by atoms with Gasteiger partial charge < -0.3 is 55.0 Å². The number of rotatable bonds is 12. The lowest BCUT2D eigenvalue weighted by Crippen LogP contribution is -2.40. The first kappa shape index (κ1) is 36.5. The van der Waals surface area contributed by atoms with E-state index in [9.17, 15) is 38.8 Å². The number of aliphatic hydroxyl groups excluding tert-OH is 2. The molecule has 5 heterocycles. The van der Waals surface area contributed by atoms with E-state index in [1.54, 1.807) is 0 Å². The second-order valence-corrected chi connectivity index (χ2v) is 11.8. The Morgan fingerprint density at radius 1 is 0.960 bits per heavy atom. The molecule has 0 radical (unpaired) electrons. The monoisotopic (exact) mass is 733 g/mol. The van der Waals surface area contributed by atoms with Gasteiger partial charge in [-0.1, -0.05) is 0 Å². The van der Waals surface area contributed by atoms with E-state index in [1.807, 2.05) is 0 Å². The van der Waals surface area contributed by atoms with Crippen LogP contribution in [0.2, 0.25) is 0 Å². The molecule has 25 nitrogen and oxygen atoms in total. The normalized spacial score (nSPS) is 27.5. The molecule has 0 aromatic carbocycles. The van der Waals surface area contributed by atoms with Crippen molar-refractivity contribution in [2.45, 2.75) is 62.9 Å². The van der Waals surface area contributed by atoms with E-state index in [0.717, 1.165) is 21.8 Å². The third-order valence-corrected chi connectivity index (χ3v) is 8.15. The number of carbonyl (C=O) groups excluding carboxylic acids is 2. The number of anilines is 2. The highest BCUT2D eigenvalue weighted by Gasteiger charge is 2.53. The van der Waals surface area contributed by atoms with Gasteiger partial charge in [-0.15, -0.1) is 0 Å². The number of aromatic amines is 1. The molecular weight excluding hydrogens is 701 g/mol. The van der Waals surface area contributed by atoms with Crippen LogP contribution in [0.3, 0.4) is 0 Å². The van der Waals surface area contributed by atoms with Crippen LogP contribution in [0.5, 0.6) is 0 Å². The number of phosphoric ester groups is 1. The third kappa shape index (κ3) is 7.68. The zero-order valence-corrected chi connectivity index (χ0v) is 26.9. The molecule has 5 rings (SSSR count). The van der Waals surface area contributed by atoms with Crippen LogP contribution in [-0.2, 0) is 42.0 Å². The van der Waals surface area contributed by atoms with Gasteiger partial charge in [0.25, 0.3) is 5.56 Å². The molecule has 0 aliphatic carbocycles. The van der Waals surface area contributed by atoms with Gasteiger partial charge in [-0.2, -0.15) is 9.97 Å². The first-order chi connectivity index (χ1) is 23.8. The quantitative estimate of drug-likeness (QED) is 0.0839. The summed E-state index contributed by atoms with van der Waals surface area (Å²) in [4.78, 5) is 77.5. The van der Waals surface area contributed by atoms with E-state index in [0.29, 0.717) is 0 Å². The summed E-state index contributed by atoms with van der Waals surface area (Å²) in [6, 6.07) is 0. The number of hydrogen-bond donors (Lipinski definition) is 6. The number of H-pyrrole nitrogens is 1. The zero-order valence-electron chi connectivity index (χ0n) is 26.0. The van der Waals surface area contributed by atoms with Gasteiger partial charge in [0.1, 0.15) is 30.7 Å². The molecule has 0 amide bonds. The largest absolute Gasteiger partial charge is 0.508 e. The van der Waals surface area contributed by atoms with Gasteiger partial charge in [-0.05, 0) is 13.8 Å². The molecule has 2 saturated heterocycles. The van der Waals surface area contributed by atoms with Gasteiger partial charge in [0.05, 0.1) is 32.8 Å². The minimum Gasteiger partial charge on any atom is -0.435 e. The summed E-state index contributed by atoms with van der Waals surface area (Å²) in [6.07, 6.45) is -13.5. The van der Waals surface area contributed by atoms with Crippen LogP contribution in [0.1, 0.15) is 26.3 Å². The summed E-state index contributed by atoms with van der Waals surface area (Å²) >= 11 is 0. The summed E-state index contributed by atoms with van der Waals surface area (Å²) in [6.45, 7) is 0.952. The number of nitrogens with one attached hydrogen (secondary N) is 1. The molecule has 3 aromatic rings. The van der Waals surface area contributed by atoms with Crippen LogP contribution in [-0.4, -0.2) is 125 Å². The molecule has 26 heteroatoms. The van der Waals surface area contributed by atoms with Gasteiger partial charge in [-0.25, -0.2) is 28.9 Å². The molecule has 0 saturated carbocycles. The average molecular weight is 734 g/mol. The SMILES string of the molecule is CCOC(=O)O[C@H]1C(O)[C@@H](COP(=O)(O)OC2[C@@H](CO)O[C@@H](n3cnc4c(=O)[nH]c(N)nc43)[C@H]2OC(=O)OCC)O[C@H]1n1cnc(N)nc1=O. The molecule has 2 fully saturated rings. The Labute approximate surface area is 278 Å². The fourth-order valence-electron chi connectivity index (χ4n) is 5.08. The lowest BCUT2D eigenvalue weighted by atomic mass is 10.1. The Hall–Kier alpha value is -4.75. The van der Waals surface area contributed by atoms with E-state index in [2.05, 4.69) is 24.9 Å². The summed E-state index contributed by atoms with van der Waals surface area (Å²) < 4.78 is 57.1. The summed E-state index contributed by atoms with van der Waals surface area (Å²) in [5, 5.41) is 21.1. The topological polar surface area (TPSA) is 349 Å². The van der Waals surface area contributed by atoms with Gasteiger partial charge in [0.2, 0.25) is 11.9 Å². The van der Waals surface area contributed by atoms with Crippen LogP contribution in [0.15, 0.2) is 22.2 Å². The Balaban J connectivity index is 1.38. The van der Waals surface area contributed by atoms with Crippen LogP contribution < -0.4 is 22.7 Å². The second kappa shape index (κ2) is 15.0. The van der Waals surface area contributed by atoms with Gasteiger partial charge >= 0.3 is 25.8 Å². The predicted octanol–water partition coefficient (Wildman–Crippen LogP) is -2.33. The minimum atomic E-state index is -5.27. The van der Waals surface area contributed by atoms with Crippen molar-refractivity contribution in [2.75, 3.05) is 37.9 Å². The maximum Gasteiger partial charge on any atom is 0.508 e. The molecule has 3 unspecified atom stereocenters. The van der Waals surface area contributed by atoms with Gasteiger partial charge in [-0.3, -0.25) is 28.0 Å². The number of imidazole rings is 1. The van der Waals surface area contributed by atoms with E-state index in [4.69, 9.17) is 48.9 Å². The van der Waals surface area contributed by atoms with E-state index >= 15 is 0 Å². The van der Waals surface area contributed by atoms with Crippen LogP contribution in [0, 0.1) is 0 Å². The number of fused-ring (bicyclic) bond motifs is 1. The smallest absolute Gasteiger partial charge is 0.435 e. The van der Waals surface area contributed by atoms with Crippen molar-refractivity contribution in [1.29, 1.82) is 0 Å². The van der Waals surface area contributed by atoms with Crippen molar-refractivity contribution in [1.82, 2.24) is 34.1 Å². The summed E-state index contributed by atoms with van der Waals surface area (Å²) in [5.74, 6) is -0.683. The zero-order chi connectivity index (χ0) is 36.3. The number of ether oxygens (including phenoxy) is 6. The number of phosphoric acid groups is 1. The molecular formula is C24H32N9O16P. The molecule has 0 spiro atoms. The number of carbonyl (C=O) groups is 2. The Bertz CT molecular complexity index is 1870. The fourth-order valence-corrected chi connectivity index (χ4v) is 6.04. The fraction of sp³-hybridized carbons (Fsp3) is 0.583. The number of nitrogens with two attached hydrogens (primary N) is 2. The van der Waals surface area contributed by atoms with E-state index in [-0.39, 0.29) is 36.3 Å². The average Bonchev–Trinajstić information content (AvgIpc) is 3.70. The highest BCUT2D eigenvalue weighted by atomic mass is 31.2. The number of hydrogen-bond acceptors (Lipinski definition) is 21. The molecule has 2 aliphatic heterocycles. The maximum absolute atomic E-state index is 13.3. The van der Waals surface area contributed by atoms with Crippen molar-refractivity contribution in [2.24, 2.45) is 0 Å². The van der Waals surface area contributed by atoms with Crippen molar-refractivity contribution in [3.05, 3.63) is 33.5 Å². The number of aromatic nitrogens is 7. The molecule has 274 valence electrons.